The maximum atomic E-state index is 12.3. The van der Waals surface area contributed by atoms with Crippen molar-refractivity contribution < 1.29 is 28.6 Å². The molecule has 0 spiro atoms. The summed E-state index contributed by atoms with van der Waals surface area (Å²) in [5.74, 6) is -0.838. The lowest BCUT2D eigenvalue weighted by Crippen LogP contribution is -2.32. The molecule has 0 aliphatic rings. The summed E-state index contributed by atoms with van der Waals surface area (Å²) in [6.45, 7) is -0.864. The van der Waals surface area contributed by atoms with Crippen molar-refractivity contribution in [2.75, 3.05) is 32.7 Å². The van der Waals surface area contributed by atoms with Crippen LogP contribution in [0.15, 0.2) is 72.8 Å². The van der Waals surface area contributed by atoms with Crippen LogP contribution < -0.4 is 20.1 Å². The van der Waals surface area contributed by atoms with Gasteiger partial charge in [-0.05, 0) is 35.7 Å². The van der Waals surface area contributed by atoms with Gasteiger partial charge in [0.1, 0.15) is 18.0 Å². The van der Waals surface area contributed by atoms with Crippen LogP contribution in [0.3, 0.4) is 0 Å². The van der Waals surface area contributed by atoms with Gasteiger partial charge in [-0.15, -0.1) is 0 Å². The average molecular weight is 463 g/mol. The maximum absolute atomic E-state index is 12.3. The van der Waals surface area contributed by atoms with Crippen molar-refractivity contribution in [2.24, 2.45) is 0 Å². The van der Waals surface area contributed by atoms with Crippen LogP contribution in [0.2, 0.25) is 0 Å². The van der Waals surface area contributed by atoms with Crippen molar-refractivity contribution in [1.29, 1.82) is 0 Å². The van der Waals surface area contributed by atoms with Gasteiger partial charge in [-0.2, -0.15) is 0 Å². The summed E-state index contributed by atoms with van der Waals surface area (Å²) in [4.78, 5) is 36.7. The van der Waals surface area contributed by atoms with Crippen LogP contribution >= 0.6 is 0 Å². The molecular weight excluding hydrogens is 436 g/mol. The Morgan fingerprint density at radius 2 is 1.47 bits per heavy atom. The van der Waals surface area contributed by atoms with Crippen molar-refractivity contribution in [3.05, 3.63) is 89.5 Å². The molecule has 0 atom stereocenters. The zero-order valence-electron chi connectivity index (χ0n) is 19.0. The molecule has 3 rings (SSSR count). The minimum Gasteiger partial charge on any atom is -0.497 e. The number of anilines is 1. The smallest absolute Gasteiger partial charge is 0.325 e. The quantitative estimate of drug-likeness (QED) is 0.449. The minimum absolute atomic E-state index is 0.261. The number of nitrogens with one attached hydrogen (secondary N) is 2. The van der Waals surface area contributed by atoms with Gasteiger partial charge in [0.15, 0.2) is 6.61 Å². The van der Waals surface area contributed by atoms with E-state index in [1.165, 1.54) is 26.4 Å². The van der Waals surface area contributed by atoms with Crippen LogP contribution in [-0.2, 0) is 20.7 Å². The molecule has 176 valence electrons. The summed E-state index contributed by atoms with van der Waals surface area (Å²) in [5.41, 5.74) is 2.96. The lowest BCUT2D eigenvalue weighted by molar-refractivity contribution is -0.146. The van der Waals surface area contributed by atoms with Gasteiger partial charge in [-0.3, -0.25) is 14.4 Å². The zero-order valence-corrected chi connectivity index (χ0v) is 19.0. The number of carbonyl (C=O) groups excluding carboxylic acids is 3. The number of rotatable bonds is 10. The van der Waals surface area contributed by atoms with E-state index in [1.54, 1.807) is 12.1 Å². The van der Waals surface area contributed by atoms with Gasteiger partial charge in [0.25, 0.3) is 11.8 Å². The van der Waals surface area contributed by atoms with E-state index in [4.69, 9.17) is 14.2 Å². The topological polar surface area (TPSA) is 103 Å². The molecule has 0 bridgehead atoms. The molecule has 0 saturated heterocycles. The Kier molecular flexibility index (Phi) is 8.62. The second-order valence-electron chi connectivity index (χ2n) is 7.31. The normalized spacial score (nSPS) is 10.2. The highest BCUT2D eigenvalue weighted by Gasteiger charge is 2.14. The summed E-state index contributed by atoms with van der Waals surface area (Å²) >= 11 is 0. The number of esters is 1. The Hall–Kier alpha value is -4.33. The highest BCUT2D eigenvalue weighted by atomic mass is 16.5. The monoisotopic (exact) mass is 462 g/mol. The fraction of sp³-hybridized carbons (Fsp3) is 0.192. The summed E-state index contributed by atoms with van der Waals surface area (Å²) in [6.07, 6.45) is 0.651. The summed E-state index contributed by atoms with van der Waals surface area (Å²) in [7, 11) is 2.94. The molecule has 8 heteroatoms. The largest absolute Gasteiger partial charge is 0.497 e. The van der Waals surface area contributed by atoms with Gasteiger partial charge in [0.2, 0.25) is 0 Å². The molecule has 2 N–H and O–H groups in total. The molecule has 0 aliphatic heterocycles. The van der Waals surface area contributed by atoms with Crippen molar-refractivity contribution in [3.8, 4) is 11.5 Å². The SMILES string of the molecule is COc1cc(OC)cc(C(=O)NCC(=O)OCC(=O)Nc2ccccc2Cc2ccccc2)c1. The molecule has 0 saturated carbocycles. The number of para-hydroxylation sites is 1. The molecule has 8 nitrogen and oxygen atoms in total. The third-order valence-corrected chi connectivity index (χ3v) is 4.90. The zero-order chi connectivity index (χ0) is 24.3. The van der Waals surface area contributed by atoms with Gasteiger partial charge < -0.3 is 24.8 Å². The second-order valence-corrected chi connectivity index (χ2v) is 7.31. The average Bonchev–Trinajstić information content (AvgIpc) is 2.87. The molecule has 0 radical (unpaired) electrons. The van der Waals surface area contributed by atoms with E-state index >= 15 is 0 Å². The van der Waals surface area contributed by atoms with Crippen LogP contribution in [0.25, 0.3) is 0 Å². The van der Waals surface area contributed by atoms with E-state index in [9.17, 15) is 14.4 Å². The third-order valence-electron chi connectivity index (χ3n) is 4.90. The van der Waals surface area contributed by atoms with Crippen molar-refractivity contribution in [1.82, 2.24) is 5.32 Å². The van der Waals surface area contributed by atoms with Crippen LogP contribution in [0, 0.1) is 0 Å². The second kappa shape index (κ2) is 12.1. The first-order valence-electron chi connectivity index (χ1n) is 10.6. The van der Waals surface area contributed by atoms with Gasteiger partial charge in [-0.1, -0.05) is 48.5 Å². The number of hydrogen-bond acceptors (Lipinski definition) is 6. The molecule has 0 aromatic heterocycles. The Labute approximate surface area is 197 Å². The predicted molar refractivity (Wildman–Crippen MR) is 127 cm³/mol. The number of hydrogen-bond donors (Lipinski definition) is 2. The first-order valence-corrected chi connectivity index (χ1v) is 10.6. The fourth-order valence-electron chi connectivity index (χ4n) is 3.19. The van der Waals surface area contributed by atoms with Crippen molar-refractivity contribution in [3.63, 3.8) is 0 Å². The van der Waals surface area contributed by atoms with Crippen molar-refractivity contribution in [2.45, 2.75) is 6.42 Å². The Bertz CT molecular complexity index is 1120. The molecule has 0 aliphatic carbocycles. The number of methoxy groups -OCH3 is 2. The summed E-state index contributed by atoms with van der Waals surface area (Å²) in [6, 6.07) is 22.0. The van der Waals surface area contributed by atoms with Crippen molar-refractivity contribution >= 4 is 23.5 Å². The van der Waals surface area contributed by atoms with E-state index in [0.717, 1.165) is 11.1 Å². The molecule has 0 heterocycles. The molecule has 2 amide bonds. The molecule has 0 fully saturated rings. The summed E-state index contributed by atoms with van der Waals surface area (Å²) in [5, 5.41) is 5.23. The predicted octanol–water partition coefficient (Wildman–Crippen LogP) is 3.21. The van der Waals surface area contributed by atoms with E-state index in [0.29, 0.717) is 23.6 Å². The van der Waals surface area contributed by atoms with E-state index < -0.39 is 30.9 Å². The standard InChI is InChI=1S/C26H26N2O6/c1-32-21-13-20(14-22(15-21)33-2)26(31)27-16-25(30)34-17-24(29)28-23-11-7-6-10-19(23)12-18-8-4-3-5-9-18/h3-11,13-15H,12,16-17H2,1-2H3,(H,27,31)(H,28,29). The van der Waals surface area contributed by atoms with Gasteiger partial charge in [-0.25, -0.2) is 0 Å². The lowest BCUT2D eigenvalue weighted by atomic mass is 10.0. The number of ether oxygens (including phenoxy) is 3. The fourth-order valence-corrected chi connectivity index (χ4v) is 3.19. The van der Waals surface area contributed by atoms with E-state index in [-0.39, 0.29) is 5.56 Å². The molecule has 3 aromatic rings. The van der Waals surface area contributed by atoms with Crippen LogP contribution in [-0.4, -0.2) is 45.2 Å². The molecule has 34 heavy (non-hydrogen) atoms. The van der Waals surface area contributed by atoms with Crippen LogP contribution in [0.5, 0.6) is 11.5 Å². The molecule has 3 aromatic carbocycles. The first-order chi connectivity index (χ1) is 16.5. The van der Waals surface area contributed by atoms with Gasteiger partial charge in [0, 0.05) is 17.3 Å². The molecule has 0 unspecified atom stereocenters. The lowest BCUT2D eigenvalue weighted by Gasteiger charge is -2.12. The summed E-state index contributed by atoms with van der Waals surface area (Å²) < 4.78 is 15.3. The van der Waals surface area contributed by atoms with Crippen LogP contribution in [0.4, 0.5) is 5.69 Å². The highest BCUT2D eigenvalue weighted by molar-refractivity contribution is 5.97. The Morgan fingerprint density at radius 1 is 0.824 bits per heavy atom. The Balaban J connectivity index is 1.49. The number of amides is 2. The van der Waals surface area contributed by atoms with E-state index in [2.05, 4.69) is 10.6 Å². The first kappa shape index (κ1) is 24.3. The van der Waals surface area contributed by atoms with E-state index in [1.807, 2.05) is 48.5 Å². The third kappa shape index (κ3) is 7.09. The van der Waals surface area contributed by atoms with Crippen LogP contribution in [0.1, 0.15) is 21.5 Å². The highest BCUT2D eigenvalue weighted by Crippen LogP contribution is 2.22. The van der Waals surface area contributed by atoms with Gasteiger partial charge >= 0.3 is 5.97 Å². The maximum Gasteiger partial charge on any atom is 0.325 e. The van der Waals surface area contributed by atoms with Gasteiger partial charge in [0.05, 0.1) is 14.2 Å². The number of carbonyl (C=O) groups is 3. The minimum atomic E-state index is -0.740. The number of benzene rings is 3. The molecular formula is C26H26N2O6. The Morgan fingerprint density at radius 3 is 2.15 bits per heavy atom.